The van der Waals surface area contributed by atoms with Crippen molar-refractivity contribution in [3.05, 3.63) is 78.1 Å². The van der Waals surface area contributed by atoms with Crippen molar-refractivity contribution in [2.75, 3.05) is 0 Å². The van der Waals surface area contributed by atoms with Gasteiger partial charge in [0.25, 0.3) is 5.91 Å². The van der Waals surface area contributed by atoms with Crippen LogP contribution in [0.3, 0.4) is 0 Å². The zero-order valence-corrected chi connectivity index (χ0v) is 15.5. The zero-order valence-electron chi connectivity index (χ0n) is 15.5. The van der Waals surface area contributed by atoms with E-state index in [4.69, 9.17) is 4.74 Å². The van der Waals surface area contributed by atoms with Crippen molar-refractivity contribution in [2.24, 2.45) is 0 Å². The Morgan fingerprint density at radius 2 is 1.96 bits per heavy atom. The number of carbonyl (C=O) groups excluding carboxylic acids is 1. The molecule has 1 amide bonds. The number of aromatic nitrogens is 2. The number of rotatable bonds is 6. The standard InChI is InChI=1S/C22H22FN3O2/c23-20-13-16(5-10-21(20)26-12-11-24-15-26)14-25-22(27)17-6-8-19(9-7-17)28-18-3-1-2-4-18/h5-13,15,18H,1-4,14H2,(H,25,27). The minimum absolute atomic E-state index is 0.202. The van der Waals surface area contributed by atoms with Crippen LogP contribution in [-0.4, -0.2) is 21.6 Å². The van der Waals surface area contributed by atoms with E-state index in [-0.39, 0.29) is 18.3 Å². The number of amides is 1. The van der Waals surface area contributed by atoms with Gasteiger partial charge in [0.15, 0.2) is 0 Å². The van der Waals surface area contributed by atoms with Crippen molar-refractivity contribution in [1.82, 2.24) is 14.9 Å². The Morgan fingerprint density at radius 3 is 2.64 bits per heavy atom. The molecule has 0 saturated heterocycles. The Morgan fingerprint density at radius 1 is 1.18 bits per heavy atom. The van der Waals surface area contributed by atoms with E-state index in [0.717, 1.165) is 18.6 Å². The van der Waals surface area contributed by atoms with E-state index in [1.807, 2.05) is 12.1 Å². The highest BCUT2D eigenvalue weighted by molar-refractivity contribution is 5.94. The van der Waals surface area contributed by atoms with E-state index in [0.29, 0.717) is 22.9 Å². The summed E-state index contributed by atoms with van der Waals surface area (Å²) in [4.78, 5) is 16.3. The van der Waals surface area contributed by atoms with Gasteiger partial charge in [0.05, 0.1) is 18.1 Å². The Hall–Kier alpha value is -3.15. The molecule has 1 aliphatic rings. The maximum atomic E-state index is 14.3. The van der Waals surface area contributed by atoms with Crippen LogP contribution in [0.4, 0.5) is 4.39 Å². The average Bonchev–Trinajstić information content (AvgIpc) is 3.41. The monoisotopic (exact) mass is 379 g/mol. The van der Waals surface area contributed by atoms with E-state index < -0.39 is 0 Å². The molecule has 1 heterocycles. The van der Waals surface area contributed by atoms with Crippen molar-refractivity contribution in [3.63, 3.8) is 0 Å². The van der Waals surface area contributed by atoms with Gasteiger partial charge in [-0.2, -0.15) is 0 Å². The third-order valence-electron chi connectivity index (χ3n) is 4.97. The van der Waals surface area contributed by atoms with Crippen molar-refractivity contribution in [1.29, 1.82) is 0 Å². The van der Waals surface area contributed by atoms with Crippen molar-refractivity contribution < 1.29 is 13.9 Å². The smallest absolute Gasteiger partial charge is 0.251 e. The lowest BCUT2D eigenvalue weighted by molar-refractivity contribution is 0.0951. The predicted molar refractivity (Wildman–Crippen MR) is 104 cm³/mol. The van der Waals surface area contributed by atoms with Crippen LogP contribution in [-0.2, 0) is 6.54 Å². The SMILES string of the molecule is O=C(NCc1ccc(-n2ccnc2)c(F)c1)c1ccc(OC2CCCC2)cc1. The van der Waals surface area contributed by atoms with Crippen LogP contribution >= 0.6 is 0 Å². The summed E-state index contributed by atoms with van der Waals surface area (Å²) in [6.07, 6.45) is 9.73. The molecule has 0 unspecified atom stereocenters. The van der Waals surface area contributed by atoms with Crippen molar-refractivity contribution in [3.8, 4) is 11.4 Å². The van der Waals surface area contributed by atoms with Crippen LogP contribution in [0.15, 0.2) is 61.2 Å². The van der Waals surface area contributed by atoms with E-state index in [1.165, 1.54) is 18.9 Å². The van der Waals surface area contributed by atoms with Gasteiger partial charge in [0.1, 0.15) is 11.6 Å². The van der Waals surface area contributed by atoms with Crippen LogP contribution in [0.25, 0.3) is 5.69 Å². The highest BCUT2D eigenvalue weighted by Crippen LogP contribution is 2.24. The summed E-state index contributed by atoms with van der Waals surface area (Å²) in [5, 5.41) is 2.82. The van der Waals surface area contributed by atoms with Crippen LogP contribution in [0.5, 0.6) is 5.75 Å². The highest BCUT2D eigenvalue weighted by atomic mass is 19.1. The van der Waals surface area contributed by atoms with Crippen LogP contribution in [0.1, 0.15) is 41.6 Å². The first-order chi connectivity index (χ1) is 13.7. The Labute approximate surface area is 163 Å². The summed E-state index contributed by atoms with van der Waals surface area (Å²) in [6.45, 7) is 0.250. The highest BCUT2D eigenvalue weighted by Gasteiger charge is 2.16. The minimum Gasteiger partial charge on any atom is -0.490 e. The van der Waals surface area contributed by atoms with Gasteiger partial charge < -0.3 is 14.6 Å². The molecule has 1 fully saturated rings. The molecule has 1 N–H and O–H groups in total. The second kappa shape index (κ2) is 8.25. The lowest BCUT2D eigenvalue weighted by Gasteiger charge is -2.13. The molecule has 0 bridgehead atoms. The molecule has 0 spiro atoms. The number of halogens is 1. The first kappa shape index (κ1) is 18.2. The zero-order chi connectivity index (χ0) is 19.3. The molecule has 0 radical (unpaired) electrons. The summed E-state index contributed by atoms with van der Waals surface area (Å²) in [5.74, 6) is 0.227. The molecule has 1 aliphatic carbocycles. The fraction of sp³-hybridized carbons (Fsp3) is 0.273. The maximum Gasteiger partial charge on any atom is 0.251 e. The number of imidazole rings is 1. The van der Waals surface area contributed by atoms with Crippen LogP contribution < -0.4 is 10.1 Å². The summed E-state index contributed by atoms with van der Waals surface area (Å²) >= 11 is 0. The Bertz CT molecular complexity index is 933. The van der Waals surface area contributed by atoms with Gasteiger partial charge in [-0.05, 0) is 67.6 Å². The second-order valence-electron chi connectivity index (χ2n) is 6.99. The molecule has 0 aliphatic heterocycles. The first-order valence-corrected chi connectivity index (χ1v) is 9.51. The summed E-state index contributed by atoms with van der Waals surface area (Å²) in [7, 11) is 0. The van der Waals surface area contributed by atoms with E-state index in [2.05, 4.69) is 10.3 Å². The van der Waals surface area contributed by atoms with Gasteiger partial charge in [-0.3, -0.25) is 4.79 Å². The van der Waals surface area contributed by atoms with E-state index in [9.17, 15) is 9.18 Å². The number of hydrogen-bond acceptors (Lipinski definition) is 3. The Kier molecular flexibility index (Phi) is 5.37. The lowest BCUT2D eigenvalue weighted by atomic mass is 10.1. The molecule has 5 nitrogen and oxygen atoms in total. The fourth-order valence-corrected chi connectivity index (χ4v) is 3.44. The summed E-state index contributed by atoms with van der Waals surface area (Å²) in [5.41, 5.74) is 1.66. The molecular formula is C22H22FN3O2. The van der Waals surface area contributed by atoms with Gasteiger partial charge in [-0.25, -0.2) is 9.37 Å². The molecule has 1 aromatic heterocycles. The third kappa shape index (κ3) is 4.22. The van der Waals surface area contributed by atoms with Gasteiger partial charge in [0, 0.05) is 24.5 Å². The van der Waals surface area contributed by atoms with Crippen LogP contribution in [0.2, 0.25) is 0 Å². The quantitative estimate of drug-likeness (QED) is 0.696. The molecule has 6 heteroatoms. The maximum absolute atomic E-state index is 14.3. The second-order valence-corrected chi connectivity index (χ2v) is 6.99. The van der Waals surface area contributed by atoms with Gasteiger partial charge >= 0.3 is 0 Å². The molecule has 4 rings (SSSR count). The predicted octanol–water partition coefficient (Wildman–Crippen LogP) is 4.26. The number of benzene rings is 2. The Balaban J connectivity index is 1.34. The summed E-state index contributed by atoms with van der Waals surface area (Å²) in [6, 6.07) is 12.0. The number of nitrogens with one attached hydrogen (secondary N) is 1. The normalized spacial score (nSPS) is 14.2. The fourth-order valence-electron chi connectivity index (χ4n) is 3.44. The minimum atomic E-state index is -0.363. The van der Waals surface area contributed by atoms with Crippen LogP contribution in [0, 0.1) is 5.82 Å². The number of carbonyl (C=O) groups is 1. The van der Waals surface area contributed by atoms with Gasteiger partial charge in [-0.15, -0.1) is 0 Å². The van der Waals surface area contributed by atoms with E-state index in [1.54, 1.807) is 47.6 Å². The molecule has 144 valence electrons. The lowest BCUT2D eigenvalue weighted by Crippen LogP contribution is -2.22. The third-order valence-corrected chi connectivity index (χ3v) is 4.97. The topological polar surface area (TPSA) is 56.2 Å². The first-order valence-electron chi connectivity index (χ1n) is 9.51. The average molecular weight is 379 g/mol. The number of ether oxygens (including phenoxy) is 1. The van der Waals surface area contributed by atoms with Gasteiger partial charge in [0.2, 0.25) is 0 Å². The molecule has 0 atom stereocenters. The van der Waals surface area contributed by atoms with Crippen molar-refractivity contribution in [2.45, 2.75) is 38.3 Å². The molecular weight excluding hydrogens is 357 g/mol. The number of hydrogen-bond donors (Lipinski definition) is 1. The molecule has 1 saturated carbocycles. The molecule has 2 aromatic carbocycles. The molecule has 3 aromatic rings. The van der Waals surface area contributed by atoms with E-state index >= 15 is 0 Å². The van der Waals surface area contributed by atoms with Crippen molar-refractivity contribution >= 4 is 5.91 Å². The number of nitrogens with zero attached hydrogens (tertiary/aromatic N) is 2. The summed E-state index contributed by atoms with van der Waals surface area (Å²) < 4.78 is 21.8. The largest absolute Gasteiger partial charge is 0.490 e. The molecule has 28 heavy (non-hydrogen) atoms. The van der Waals surface area contributed by atoms with Gasteiger partial charge in [-0.1, -0.05) is 6.07 Å².